The molecule has 0 aromatic carbocycles. The Morgan fingerprint density at radius 2 is 2.17 bits per heavy atom. The molecule has 0 radical (unpaired) electrons. The van der Waals surface area contributed by atoms with Crippen LogP contribution in [0.5, 0.6) is 0 Å². The van der Waals surface area contributed by atoms with Gasteiger partial charge in [0.1, 0.15) is 0 Å². The average Bonchev–Trinajstić information content (AvgIpc) is 2.49. The van der Waals surface area contributed by atoms with Crippen LogP contribution < -0.4 is 0 Å². The van der Waals surface area contributed by atoms with Crippen LogP contribution in [-0.2, 0) is 4.79 Å². The van der Waals surface area contributed by atoms with Gasteiger partial charge in [-0.05, 0) is 18.4 Å². The van der Waals surface area contributed by atoms with Crippen LogP contribution in [0.15, 0.2) is 17.9 Å². The van der Waals surface area contributed by atoms with Crippen molar-refractivity contribution in [3.05, 3.63) is 17.9 Å². The van der Waals surface area contributed by atoms with Crippen LogP contribution >= 0.6 is 0 Å². The molecule has 1 aliphatic rings. The molecule has 0 amide bonds. The van der Waals surface area contributed by atoms with Crippen molar-refractivity contribution < 1.29 is 9.90 Å². The van der Waals surface area contributed by atoms with Crippen LogP contribution in [0, 0.1) is 5.92 Å². The van der Waals surface area contributed by atoms with Gasteiger partial charge in [0.2, 0.25) is 0 Å². The summed E-state index contributed by atoms with van der Waals surface area (Å²) in [5.41, 5.74) is 2.66. The molecule has 12 heavy (non-hydrogen) atoms. The summed E-state index contributed by atoms with van der Waals surface area (Å²) >= 11 is 0. The van der Waals surface area contributed by atoms with Gasteiger partial charge in [0, 0.05) is 0 Å². The highest BCUT2D eigenvalue weighted by Gasteiger charge is 2.12. The molecule has 1 N–H and O–H groups in total. The normalized spacial score (nSPS) is 17.0. The fourth-order valence-corrected chi connectivity index (χ4v) is 1.61. The summed E-state index contributed by atoms with van der Waals surface area (Å²) in [6.07, 6.45) is 9.15. The molecule has 0 heterocycles. The summed E-state index contributed by atoms with van der Waals surface area (Å²) in [6, 6.07) is 0. The summed E-state index contributed by atoms with van der Waals surface area (Å²) in [7, 11) is 0. The monoisotopic (exact) mass is 166 g/mol. The molecule has 0 spiro atoms. The van der Waals surface area contributed by atoms with Gasteiger partial charge in [0.05, 0.1) is 6.08 Å². The molecule has 2 nitrogen and oxygen atoms in total. The number of carboxylic acid groups (broad SMARTS) is 1. The minimum atomic E-state index is -0.919. The van der Waals surface area contributed by atoms with E-state index in [1.54, 1.807) is 0 Å². The molecule has 0 unspecified atom stereocenters. The van der Waals surface area contributed by atoms with Crippen LogP contribution in [0.2, 0.25) is 0 Å². The summed E-state index contributed by atoms with van der Waals surface area (Å²) in [4.78, 5) is 10.1. The van der Waals surface area contributed by atoms with Crippen molar-refractivity contribution in [2.45, 2.75) is 32.1 Å². The molecule has 0 aromatic heterocycles. The van der Waals surface area contributed by atoms with E-state index in [1.165, 1.54) is 25.7 Å². The van der Waals surface area contributed by atoms with Gasteiger partial charge in [0.25, 0.3) is 0 Å². The van der Waals surface area contributed by atoms with Crippen molar-refractivity contribution in [2.75, 3.05) is 0 Å². The van der Waals surface area contributed by atoms with Gasteiger partial charge in [-0.2, -0.15) is 0 Å². The maximum absolute atomic E-state index is 10.1. The van der Waals surface area contributed by atoms with E-state index in [0.717, 1.165) is 18.4 Å². The zero-order valence-electron chi connectivity index (χ0n) is 7.12. The molecule has 2 heteroatoms. The Morgan fingerprint density at radius 1 is 1.50 bits per heavy atom. The van der Waals surface area contributed by atoms with Crippen molar-refractivity contribution in [2.24, 2.45) is 5.92 Å². The average molecular weight is 166 g/mol. The van der Waals surface area contributed by atoms with Crippen molar-refractivity contribution >= 4 is 5.97 Å². The lowest BCUT2D eigenvalue weighted by molar-refractivity contribution is -0.131. The SMILES string of the molecule is O=C(O)C=C=CCC1CCCC1. The Morgan fingerprint density at radius 3 is 2.75 bits per heavy atom. The number of hydrogen-bond acceptors (Lipinski definition) is 1. The molecule has 1 saturated carbocycles. The van der Waals surface area contributed by atoms with Gasteiger partial charge in [-0.25, -0.2) is 4.79 Å². The van der Waals surface area contributed by atoms with E-state index >= 15 is 0 Å². The van der Waals surface area contributed by atoms with E-state index in [4.69, 9.17) is 5.11 Å². The molecule has 0 atom stereocenters. The van der Waals surface area contributed by atoms with Crippen LogP contribution in [0.4, 0.5) is 0 Å². The maximum atomic E-state index is 10.1. The molecule has 1 fully saturated rings. The molecule has 0 bridgehead atoms. The fraction of sp³-hybridized carbons (Fsp3) is 0.600. The molecule has 1 aliphatic carbocycles. The Bertz CT molecular complexity index is 206. The van der Waals surface area contributed by atoms with Crippen LogP contribution in [0.1, 0.15) is 32.1 Å². The smallest absolute Gasteiger partial charge is 0.336 e. The lowest BCUT2D eigenvalue weighted by atomic mass is 10.0. The predicted octanol–water partition coefficient (Wildman–Crippen LogP) is 2.36. The number of aliphatic carboxylic acids is 1. The first-order valence-electron chi connectivity index (χ1n) is 4.43. The van der Waals surface area contributed by atoms with Crippen molar-refractivity contribution in [3.8, 4) is 0 Å². The van der Waals surface area contributed by atoms with Crippen LogP contribution in [0.3, 0.4) is 0 Å². The Hall–Kier alpha value is -1.01. The quantitative estimate of drug-likeness (QED) is 0.516. The lowest BCUT2D eigenvalue weighted by Gasteiger charge is -2.00. The summed E-state index contributed by atoms with van der Waals surface area (Å²) in [5, 5.41) is 8.27. The zero-order chi connectivity index (χ0) is 8.81. The van der Waals surface area contributed by atoms with Gasteiger partial charge >= 0.3 is 5.97 Å². The third-order valence-electron chi connectivity index (χ3n) is 2.25. The van der Waals surface area contributed by atoms with E-state index < -0.39 is 5.97 Å². The second-order valence-electron chi connectivity index (χ2n) is 3.24. The largest absolute Gasteiger partial charge is 0.478 e. The Labute approximate surface area is 72.6 Å². The van der Waals surface area contributed by atoms with E-state index in [1.807, 2.05) is 6.08 Å². The van der Waals surface area contributed by atoms with Crippen molar-refractivity contribution in [1.29, 1.82) is 0 Å². The van der Waals surface area contributed by atoms with E-state index in [9.17, 15) is 4.79 Å². The minimum absolute atomic E-state index is 0.777. The highest BCUT2D eigenvalue weighted by molar-refractivity contribution is 5.79. The third-order valence-corrected chi connectivity index (χ3v) is 2.25. The van der Waals surface area contributed by atoms with Gasteiger partial charge in [-0.1, -0.05) is 25.7 Å². The molecular formula is C10H14O2. The first kappa shape index (κ1) is 9.08. The third kappa shape index (κ3) is 3.40. The van der Waals surface area contributed by atoms with Gasteiger partial charge in [-0.3, -0.25) is 0 Å². The first-order chi connectivity index (χ1) is 5.79. The lowest BCUT2D eigenvalue weighted by Crippen LogP contribution is -1.88. The molecule has 0 saturated heterocycles. The Kier molecular flexibility index (Phi) is 3.62. The van der Waals surface area contributed by atoms with E-state index in [-0.39, 0.29) is 0 Å². The standard InChI is InChI=1S/C10H14O2/c11-10(12)8-4-3-7-9-5-1-2-6-9/h3,8-9H,1-2,5-7H2,(H,11,12). The van der Waals surface area contributed by atoms with Gasteiger partial charge in [-0.15, -0.1) is 5.73 Å². The second kappa shape index (κ2) is 4.78. The minimum Gasteiger partial charge on any atom is -0.478 e. The van der Waals surface area contributed by atoms with Gasteiger partial charge in [0.15, 0.2) is 0 Å². The summed E-state index contributed by atoms with van der Waals surface area (Å²) in [5.74, 6) is -0.141. The van der Waals surface area contributed by atoms with Crippen LogP contribution in [-0.4, -0.2) is 11.1 Å². The molecule has 1 rings (SSSR count). The van der Waals surface area contributed by atoms with E-state index in [2.05, 4.69) is 5.73 Å². The van der Waals surface area contributed by atoms with Gasteiger partial charge < -0.3 is 5.11 Å². The number of hydrogen-bond donors (Lipinski definition) is 1. The fourth-order valence-electron chi connectivity index (χ4n) is 1.61. The maximum Gasteiger partial charge on any atom is 0.336 e. The number of carbonyl (C=O) groups is 1. The van der Waals surface area contributed by atoms with Crippen molar-refractivity contribution in [3.63, 3.8) is 0 Å². The summed E-state index contributed by atoms with van der Waals surface area (Å²) < 4.78 is 0. The molecule has 66 valence electrons. The molecule has 0 aliphatic heterocycles. The summed E-state index contributed by atoms with van der Waals surface area (Å²) in [6.45, 7) is 0. The number of rotatable bonds is 3. The molecule has 0 aromatic rings. The highest BCUT2D eigenvalue weighted by atomic mass is 16.4. The Balaban J connectivity index is 2.23. The van der Waals surface area contributed by atoms with E-state index in [0.29, 0.717) is 0 Å². The number of carboxylic acids is 1. The zero-order valence-corrected chi connectivity index (χ0v) is 7.12. The first-order valence-corrected chi connectivity index (χ1v) is 4.43. The topological polar surface area (TPSA) is 37.3 Å². The second-order valence-corrected chi connectivity index (χ2v) is 3.24. The predicted molar refractivity (Wildman–Crippen MR) is 46.9 cm³/mol. The molecular weight excluding hydrogens is 152 g/mol. The van der Waals surface area contributed by atoms with Crippen molar-refractivity contribution in [1.82, 2.24) is 0 Å². The highest BCUT2D eigenvalue weighted by Crippen LogP contribution is 2.27. The van der Waals surface area contributed by atoms with Crippen LogP contribution in [0.25, 0.3) is 0 Å².